The Kier molecular flexibility index (Phi) is 9.27. The van der Waals surface area contributed by atoms with Crippen molar-refractivity contribution in [3.05, 3.63) is 29.8 Å². The highest BCUT2D eigenvalue weighted by molar-refractivity contribution is 5.27. The second-order valence-electron chi connectivity index (χ2n) is 7.32. The fourth-order valence-electron chi connectivity index (χ4n) is 3.81. The molecule has 2 nitrogen and oxygen atoms in total. The molecule has 0 amide bonds. The van der Waals surface area contributed by atoms with Crippen LogP contribution in [0, 0.1) is 11.8 Å². The molecule has 1 saturated carbocycles. The topological polar surface area (TPSA) is 18.5 Å². The van der Waals surface area contributed by atoms with E-state index in [1.807, 2.05) is 0 Å². The first-order valence-corrected chi connectivity index (χ1v) is 10.1. The van der Waals surface area contributed by atoms with Gasteiger partial charge in [-0.1, -0.05) is 64.5 Å². The Morgan fingerprint density at radius 2 is 1.46 bits per heavy atom. The largest absolute Gasteiger partial charge is 0.491 e. The lowest BCUT2D eigenvalue weighted by molar-refractivity contribution is 0.101. The summed E-state index contributed by atoms with van der Waals surface area (Å²) < 4.78 is 11.1. The molecule has 1 aliphatic rings. The minimum atomic E-state index is 0.639. The van der Waals surface area contributed by atoms with Gasteiger partial charge in [0.15, 0.2) is 0 Å². The molecule has 0 unspecified atom stereocenters. The molecule has 0 heterocycles. The average molecular weight is 333 g/mol. The first kappa shape index (κ1) is 19.3. The SMILES string of the molecule is CCCOCCOc1ccc(CC[C@H]2CC[C@H](CCC)CC2)cc1. The van der Waals surface area contributed by atoms with Crippen molar-refractivity contribution in [2.24, 2.45) is 11.8 Å². The Morgan fingerprint density at radius 3 is 2.08 bits per heavy atom. The molecule has 0 atom stereocenters. The first-order chi connectivity index (χ1) is 11.8. The third-order valence-electron chi connectivity index (χ3n) is 5.27. The van der Waals surface area contributed by atoms with E-state index in [1.54, 1.807) is 0 Å². The lowest BCUT2D eigenvalue weighted by Crippen LogP contribution is -2.15. The van der Waals surface area contributed by atoms with E-state index in [1.165, 1.54) is 56.9 Å². The van der Waals surface area contributed by atoms with Gasteiger partial charge in [0, 0.05) is 6.61 Å². The molecule has 24 heavy (non-hydrogen) atoms. The van der Waals surface area contributed by atoms with Crippen molar-refractivity contribution in [1.82, 2.24) is 0 Å². The fourth-order valence-corrected chi connectivity index (χ4v) is 3.81. The lowest BCUT2D eigenvalue weighted by atomic mass is 9.78. The molecule has 1 fully saturated rings. The molecule has 1 aromatic rings. The van der Waals surface area contributed by atoms with Crippen molar-refractivity contribution < 1.29 is 9.47 Å². The van der Waals surface area contributed by atoms with Crippen LogP contribution in [0.15, 0.2) is 24.3 Å². The highest BCUT2D eigenvalue weighted by Crippen LogP contribution is 2.33. The number of aryl methyl sites for hydroxylation is 1. The summed E-state index contributed by atoms with van der Waals surface area (Å²) in [5, 5.41) is 0. The van der Waals surface area contributed by atoms with Crippen molar-refractivity contribution >= 4 is 0 Å². The molecule has 0 N–H and O–H groups in total. The van der Waals surface area contributed by atoms with E-state index in [9.17, 15) is 0 Å². The van der Waals surface area contributed by atoms with Crippen LogP contribution >= 0.6 is 0 Å². The fraction of sp³-hybridized carbons (Fsp3) is 0.727. The summed E-state index contributed by atoms with van der Waals surface area (Å²) in [6, 6.07) is 8.66. The van der Waals surface area contributed by atoms with Crippen LogP contribution in [0.5, 0.6) is 5.75 Å². The Bertz CT molecular complexity index is 418. The van der Waals surface area contributed by atoms with Crippen molar-refractivity contribution in [1.29, 1.82) is 0 Å². The van der Waals surface area contributed by atoms with Crippen LogP contribution in [0.25, 0.3) is 0 Å². The number of benzene rings is 1. The summed E-state index contributed by atoms with van der Waals surface area (Å²) in [5.74, 6) is 2.92. The van der Waals surface area contributed by atoms with E-state index in [0.29, 0.717) is 13.2 Å². The second-order valence-corrected chi connectivity index (χ2v) is 7.32. The first-order valence-electron chi connectivity index (χ1n) is 10.1. The Labute approximate surface area is 148 Å². The third kappa shape index (κ3) is 7.25. The predicted molar refractivity (Wildman–Crippen MR) is 102 cm³/mol. The normalized spacial score (nSPS) is 20.9. The molecule has 0 spiro atoms. The maximum atomic E-state index is 5.71. The van der Waals surface area contributed by atoms with E-state index < -0.39 is 0 Å². The van der Waals surface area contributed by atoms with Gasteiger partial charge in [-0.2, -0.15) is 0 Å². The second kappa shape index (κ2) is 11.5. The van der Waals surface area contributed by atoms with Crippen molar-refractivity contribution in [3.63, 3.8) is 0 Å². The zero-order valence-corrected chi connectivity index (χ0v) is 15.8. The highest BCUT2D eigenvalue weighted by atomic mass is 16.5. The van der Waals surface area contributed by atoms with Crippen LogP contribution in [0.4, 0.5) is 0 Å². The van der Waals surface area contributed by atoms with Crippen molar-refractivity contribution in [3.8, 4) is 5.75 Å². The summed E-state index contributed by atoms with van der Waals surface area (Å²) in [4.78, 5) is 0. The van der Waals surface area contributed by atoms with Gasteiger partial charge in [0.2, 0.25) is 0 Å². The van der Waals surface area contributed by atoms with Crippen molar-refractivity contribution in [2.75, 3.05) is 19.8 Å². The molecule has 0 radical (unpaired) electrons. The van der Waals surface area contributed by atoms with Gasteiger partial charge in [-0.05, 0) is 48.8 Å². The van der Waals surface area contributed by atoms with Gasteiger partial charge in [0.05, 0.1) is 6.61 Å². The zero-order chi connectivity index (χ0) is 17.0. The quantitative estimate of drug-likeness (QED) is 0.460. The van der Waals surface area contributed by atoms with Crippen LogP contribution in [0.3, 0.4) is 0 Å². The zero-order valence-electron chi connectivity index (χ0n) is 15.8. The molecule has 0 saturated heterocycles. The Balaban J connectivity index is 1.61. The van der Waals surface area contributed by atoms with Crippen LogP contribution in [-0.4, -0.2) is 19.8 Å². The van der Waals surface area contributed by atoms with E-state index in [4.69, 9.17) is 9.47 Å². The van der Waals surface area contributed by atoms with Gasteiger partial charge >= 0.3 is 0 Å². The minimum Gasteiger partial charge on any atom is -0.491 e. The lowest BCUT2D eigenvalue weighted by Gasteiger charge is -2.28. The van der Waals surface area contributed by atoms with Gasteiger partial charge in [-0.15, -0.1) is 0 Å². The maximum Gasteiger partial charge on any atom is 0.119 e. The third-order valence-corrected chi connectivity index (χ3v) is 5.27. The molecular weight excluding hydrogens is 296 g/mol. The van der Waals surface area contributed by atoms with E-state index in [0.717, 1.165) is 30.6 Å². The van der Waals surface area contributed by atoms with Gasteiger partial charge in [-0.25, -0.2) is 0 Å². The average Bonchev–Trinajstić information content (AvgIpc) is 2.62. The number of hydrogen-bond acceptors (Lipinski definition) is 2. The molecule has 1 aromatic carbocycles. The van der Waals surface area contributed by atoms with Gasteiger partial charge in [0.1, 0.15) is 12.4 Å². The summed E-state index contributed by atoms with van der Waals surface area (Å²) in [5.41, 5.74) is 1.44. The molecular formula is C22H36O2. The molecule has 2 heteroatoms. The molecule has 2 rings (SSSR count). The van der Waals surface area contributed by atoms with Crippen molar-refractivity contribution in [2.45, 2.75) is 71.6 Å². The highest BCUT2D eigenvalue weighted by Gasteiger charge is 2.20. The summed E-state index contributed by atoms with van der Waals surface area (Å²) >= 11 is 0. The summed E-state index contributed by atoms with van der Waals surface area (Å²) in [7, 11) is 0. The van der Waals surface area contributed by atoms with E-state index >= 15 is 0 Å². The maximum absolute atomic E-state index is 5.71. The predicted octanol–water partition coefficient (Wildman–Crippen LogP) is 6.03. The smallest absolute Gasteiger partial charge is 0.119 e. The van der Waals surface area contributed by atoms with Crippen LogP contribution in [0.2, 0.25) is 0 Å². The molecule has 0 aliphatic heterocycles. The van der Waals surface area contributed by atoms with Crippen LogP contribution < -0.4 is 4.74 Å². The molecule has 136 valence electrons. The minimum absolute atomic E-state index is 0.639. The number of ether oxygens (including phenoxy) is 2. The van der Waals surface area contributed by atoms with E-state index in [2.05, 4.69) is 38.1 Å². The summed E-state index contributed by atoms with van der Waals surface area (Å²) in [6.07, 6.45) is 12.2. The van der Waals surface area contributed by atoms with Crippen LogP contribution in [-0.2, 0) is 11.2 Å². The van der Waals surface area contributed by atoms with Crippen LogP contribution in [0.1, 0.15) is 70.8 Å². The van der Waals surface area contributed by atoms with Gasteiger partial charge in [0.25, 0.3) is 0 Å². The number of rotatable bonds is 11. The van der Waals surface area contributed by atoms with Gasteiger partial charge < -0.3 is 9.47 Å². The van der Waals surface area contributed by atoms with E-state index in [-0.39, 0.29) is 0 Å². The van der Waals surface area contributed by atoms with Gasteiger partial charge in [-0.3, -0.25) is 0 Å². The molecule has 1 aliphatic carbocycles. The monoisotopic (exact) mass is 332 g/mol. The number of hydrogen-bond donors (Lipinski definition) is 0. The Hall–Kier alpha value is -1.02. The molecule has 0 aromatic heterocycles. The summed E-state index contributed by atoms with van der Waals surface area (Å²) in [6.45, 7) is 6.58. The Morgan fingerprint density at radius 1 is 0.792 bits per heavy atom. The molecule has 0 bridgehead atoms. The standard InChI is InChI=1S/C22H36O2/c1-3-5-19-6-8-20(9-7-19)10-11-21-12-14-22(15-13-21)24-18-17-23-16-4-2/h12-15,19-20H,3-11,16-18H2,1-2H3/t19-,20-.